The number of carbonyl (C=O) groups excluding carboxylic acids is 4. The predicted molar refractivity (Wildman–Crippen MR) is 250 cm³/mol. The van der Waals surface area contributed by atoms with Gasteiger partial charge in [-0.1, -0.05) is 23.2 Å². The van der Waals surface area contributed by atoms with E-state index in [1.165, 1.54) is 101 Å². The van der Waals surface area contributed by atoms with Crippen molar-refractivity contribution in [1.82, 2.24) is 24.8 Å². The molecular weight excluding hydrogens is 995 g/mol. The largest absolute Gasteiger partial charge is 0.443 e. The first-order valence-electron chi connectivity index (χ1n) is 20.0. The highest BCUT2D eigenvalue weighted by Gasteiger charge is 2.32. The van der Waals surface area contributed by atoms with E-state index in [-0.39, 0.29) is 58.7 Å². The maximum Gasteiger partial charge on any atom is 0.419 e. The highest BCUT2D eigenvalue weighted by atomic mass is 35.5. The van der Waals surface area contributed by atoms with Crippen molar-refractivity contribution in [3.63, 3.8) is 0 Å². The molecule has 4 aromatic carbocycles. The third-order valence-electron chi connectivity index (χ3n) is 10.2. The summed E-state index contributed by atoms with van der Waals surface area (Å²) in [4.78, 5) is 60.3. The van der Waals surface area contributed by atoms with Crippen molar-refractivity contribution >= 4 is 93.7 Å². The van der Waals surface area contributed by atoms with Gasteiger partial charge in [-0.2, -0.15) is 0 Å². The quantitative estimate of drug-likeness (QED) is 0.101. The van der Waals surface area contributed by atoms with Gasteiger partial charge in [-0.05, 0) is 97.5 Å². The summed E-state index contributed by atoms with van der Waals surface area (Å²) in [5.74, 6) is -2.94. The van der Waals surface area contributed by atoms with Crippen molar-refractivity contribution in [2.45, 2.75) is 51.0 Å². The molecule has 3 amide bonds. The van der Waals surface area contributed by atoms with E-state index in [2.05, 4.69) is 30.9 Å². The Morgan fingerprint density at radius 3 is 1.75 bits per heavy atom. The number of ether oxygens (including phenoxy) is 2. The molecular formula is C45H37Cl3F4N8O6S2. The SMILES string of the molecule is Cl.N[C@H]1CCc2c(C(=O)Nc3ccc(F)c(Cl)c3)ccc(F)c21.O=C(N[C@H]1CCc2c(C(=O)Nc3ccc(F)c(Cl)c3)ccc(F)c21)OCc1cscn1.O=C(OCc1cscn1)n1ccnc1. The minimum atomic E-state index is -0.693. The molecule has 0 bridgehead atoms. The molecule has 0 aliphatic heterocycles. The number of imidazole rings is 1. The first-order valence-corrected chi connectivity index (χ1v) is 22.6. The van der Waals surface area contributed by atoms with Gasteiger partial charge in [-0.3, -0.25) is 9.59 Å². The van der Waals surface area contributed by atoms with Gasteiger partial charge >= 0.3 is 12.2 Å². The van der Waals surface area contributed by atoms with Crippen LogP contribution in [0.15, 0.2) is 101 Å². The van der Waals surface area contributed by atoms with Crippen molar-refractivity contribution in [3.05, 3.63) is 179 Å². The molecule has 0 saturated carbocycles. The third-order valence-corrected chi connectivity index (χ3v) is 12.1. The summed E-state index contributed by atoms with van der Waals surface area (Å²) in [7, 11) is 0. The van der Waals surface area contributed by atoms with Crippen LogP contribution in [0, 0.1) is 23.3 Å². The number of nitrogens with two attached hydrogens (primary N) is 1. The van der Waals surface area contributed by atoms with Crippen molar-refractivity contribution in [3.8, 4) is 0 Å². The zero-order valence-corrected chi connectivity index (χ0v) is 39.0. The first-order chi connectivity index (χ1) is 32.2. The molecule has 0 radical (unpaired) electrons. The lowest BCUT2D eigenvalue weighted by Gasteiger charge is -2.16. The fourth-order valence-electron chi connectivity index (χ4n) is 7.10. The molecule has 68 heavy (non-hydrogen) atoms. The predicted octanol–water partition coefficient (Wildman–Crippen LogP) is 11.0. The Morgan fingerprint density at radius 2 is 1.24 bits per heavy atom. The number of hydrogen-bond acceptors (Lipinski definition) is 12. The second-order valence-electron chi connectivity index (χ2n) is 14.6. The normalized spacial score (nSPS) is 14.1. The molecule has 9 rings (SSSR count). The van der Waals surface area contributed by atoms with E-state index >= 15 is 0 Å². The highest BCUT2D eigenvalue weighted by molar-refractivity contribution is 7.07. The van der Waals surface area contributed by atoms with E-state index in [0.717, 1.165) is 11.8 Å². The lowest BCUT2D eigenvalue weighted by molar-refractivity contribution is 0.101. The zero-order chi connectivity index (χ0) is 47.6. The summed E-state index contributed by atoms with van der Waals surface area (Å²) < 4.78 is 66.2. The number of fused-ring (bicyclic) bond motifs is 2. The fraction of sp³-hybridized carbons (Fsp3) is 0.178. The van der Waals surface area contributed by atoms with Gasteiger partial charge in [0, 0.05) is 62.8 Å². The summed E-state index contributed by atoms with van der Waals surface area (Å²) in [5, 5.41) is 11.3. The van der Waals surface area contributed by atoms with E-state index in [9.17, 15) is 36.7 Å². The van der Waals surface area contributed by atoms with E-state index in [1.807, 2.05) is 5.38 Å². The van der Waals surface area contributed by atoms with Crippen molar-refractivity contribution < 1.29 is 46.2 Å². The Kier molecular flexibility index (Phi) is 17.6. The van der Waals surface area contributed by atoms with Crippen LogP contribution in [0.4, 0.5) is 38.5 Å². The Labute approximate surface area is 409 Å². The van der Waals surface area contributed by atoms with Crippen LogP contribution < -0.4 is 21.7 Å². The molecule has 0 spiro atoms. The Bertz CT molecular complexity index is 2900. The van der Waals surface area contributed by atoms with Crippen LogP contribution in [-0.2, 0) is 35.5 Å². The maximum absolute atomic E-state index is 14.6. The summed E-state index contributed by atoms with van der Waals surface area (Å²) in [6.45, 7) is 0.209. The van der Waals surface area contributed by atoms with Gasteiger partial charge in [-0.15, -0.1) is 35.1 Å². The van der Waals surface area contributed by atoms with Gasteiger partial charge in [-0.25, -0.2) is 46.7 Å². The number of halogens is 7. The number of thiazole rings is 2. The number of rotatable bonds is 9. The molecule has 2 atom stereocenters. The average Bonchev–Trinajstić information content (AvgIpc) is 4.18. The summed E-state index contributed by atoms with van der Waals surface area (Å²) in [6, 6.07) is 12.0. The van der Waals surface area contributed by atoms with Gasteiger partial charge < -0.3 is 31.2 Å². The number of amides is 3. The highest BCUT2D eigenvalue weighted by Crippen LogP contribution is 2.37. The van der Waals surface area contributed by atoms with Gasteiger partial charge in [0.1, 0.15) is 42.8 Å². The molecule has 0 fully saturated rings. The van der Waals surface area contributed by atoms with Crippen LogP contribution >= 0.6 is 58.3 Å². The number of alkyl carbamates (subject to hydrolysis) is 1. The van der Waals surface area contributed by atoms with E-state index in [0.29, 0.717) is 65.0 Å². The fourth-order valence-corrected chi connectivity index (χ4v) is 8.55. The summed E-state index contributed by atoms with van der Waals surface area (Å²) in [5.41, 5.74) is 13.7. The molecule has 7 aromatic rings. The molecule has 3 aromatic heterocycles. The molecule has 354 valence electrons. The van der Waals surface area contributed by atoms with Crippen LogP contribution in [0.5, 0.6) is 0 Å². The lowest BCUT2D eigenvalue weighted by atomic mass is 10.0. The summed E-state index contributed by atoms with van der Waals surface area (Å²) >= 11 is 14.3. The van der Waals surface area contributed by atoms with Crippen molar-refractivity contribution in [1.29, 1.82) is 0 Å². The van der Waals surface area contributed by atoms with Gasteiger partial charge in [0.15, 0.2) is 0 Å². The molecule has 0 saturated heterocycles. The van der Waals surface area contributed by atoms with Gasteiger partial charge in [0.2, 0.25) is 0 Å². The molecule has 5 N–H and O–H groups in total. The monoisotopic (exact) mass is 1030 g/mol. The number of aromatic nitrogens is 4. The standard InChI is InChI=1S/C21H16ClF2N3O3S.C16H13ClF2N2O.C8H7N3O2S.ClH/c22-15-7-11(1-4-16(15)23)26-20(28)14-2-5-17(24)19-13(14)3-6-18(19)27-21(29)30-8-12-9-31-10-25-12;17-11-7-8(1-4-12(11)18)21-16(22)10-2-5-13(19)15-9(10)3-6-14(15)20;12-8(11-2-1-9-5-11)13-3-7-4-14-6-10-7;/h1-2,4-5,7,9-10,18H,3,6,8H2,(H,26,28)(H,27,29);1-2,4-5,7,14H,3,6,20H2,(H,21,22);1-2,4-6H,3H2;1H/t18-;14-;;/m00../s1. The minimum Gasteiger partial charge on any atom is -0.443 e. The zero-order valence-electron chi connectivity index (χ0n) is 35.0. The van der Waals surface area contributed by atoms with E-state index in [1.54, 1.807) is 16.4 Å². The second kappa shape index (κ2) is 23.5. The maximum atomic E-state index is 14.6. The number of hydrogen-bond donors (Lipinski definition) is 4. The van der Waals surface area contributed by atoms with Crippen LogP contribution in [0.1, 0.15) is 79.3 Å². The van der Waals surface area contributed by atoms with Crippen LogP contribution in [0.3, 0.4) is 0 Å². The summed E-state index contributed by atoms with van der Waals surface area (Å²) in [6.07, 6.45) is 5.29. The van der Waals surface area contributed by atoms with Crippen LogP contribution in [-0.4, -0.2) is 43.5 Å². The Hall–Kier alpha value is -6.42. The average molecular weight is 1030 g/mol. The number of anilines is 2. The van der Waals surface area contributed by atoms with Crippen LogP contribution in [0.2, 0.25) is 10.0 Å². The molecule has 2 aliphatic rings. The Morgan fingerprint density at radius 1 is 0.721 bits per heavy atom. The van der Waals surface area contributed by atoms with E-state index in [4.69, 9.17) is 38.4 Å². The Balaban J connectivity index is 0.000000179. The molecule has 23 heteroatoms. The number of carbonyl (C=O) groups is 4. The topological polar surface area (TPSA) is 192 Å². The number of nitrogens with zero attached hydrogens (tertiary/aromatic N) is 4. The first kappa shape index (κ1) is 51.0. The smallest absolute Gasteiger partial charge is 0.419 e. The minimum absolute atomic E-state index is 0. The van der Waals surface area contributed by atoms with Gasteiger partial charge in [0.05, 0.1) is 38.5 Å². The van der Waals surface area contributed by atoms with Crippen LogP contribution in [0.25, 0.3) is 0 Å². The number of nitrogens with one attached hydrogen (secondary N) is 3. The van der Waals surface area contributed by atoms with E-state index < -0.39 is 47.5 Å². The molecule has 3 heterocycles. The molecule has 2 aliphatic carbocycles. The van der Waals surface area contributed by atoms with Gasteiger partial charge in [0.25, 0.3) is 11.8 Å². The molecule has 0 unspecified atom stereocenters. The van der Waals surface area contributed by atoms with Crippen molar-refractivity contribution in [2.24, 2.45) is 5.73 Å². The second-order valence-corrected chi connectivity index (χ2v) is 16.8. The third kappa shape index (κ3) is 12.8. The van der Waals surface area contributed by atoms with Crippen molar-refractivity contribution in [2.75, 3.05) is 10.6 Å². The lowest BCUT2D eigenvalue weighted by Crippen LogP contribution is -2.28. The molecule has 14 nitrogen and oxygen atoms in total. The number of benzene rings is 4.